The minimum Gasteiger partial charge on any atom is -0.351 e. The zero-order valence-electron chi connectivity index (χ0n) is 16.3. The van der Waals surface area contributed by atoms with Gasteiger partial charge in [-0.2, -0.15) is 0 Å². The fourth-order valence-corrected chi connectivity index (χ4v) is 5.44. The van der Waals surface area contributed by atoms with Crippen LogP contribution in [0.3, 0.4) is 0 Å². The lowest BCUT2D eigenvalue weighted by Gasteiger charge is -2.34. The second-order valence-corrected chi connectivity index (χ2v) is 8.95. The number of fused-ring (bicyclic) bond motifs is 1. The summed E-state index contributed by atoms with van der Waals surface area (Å²) in [6.45, 7) is 7.30. The summed E-state index contributed by atoms with van der Waals surface area (Å²) in [6.07, 6.45) is 1.00. The van der Waals surface area contributed by atoms with Crippen LogP contribution in [0, 0.1) is 12.8 Å². The lowest BCUT2D eigenvalue weighted by molar-refractivity contribution is -0.139. The Morgan fingerprint density at radius 3 is 2.93 bits per heavy atom. The molecule has 7 heteroatoms. The SMILES string of the molecule is Cc1c(C(=O)N2CC[C@@]34OC[C@@H](C(C)C)N3C(=O)C[C@@H]24)[nH]c2ccc(Cl)cc12. The van der Waals surface area contributed by atoms with Crippen LogP contribution >= 0.6 is 11.6 Å². The normalized spacial score (nSPS) is 29.2. The van der Waals surface area contributed by atoms with Gasteiger partial charge in [0.15, 0.2) is 5.72 Å². The zero-order chi connectivity index (χ0) is 19.8. The first kappa shape index (κ1) is 18.0. The summed E-state index contributed by atoms with van der Waals surface area (Å²) in [5, 5.41) is 1.59. The van der Waals surface area contributed by atoms with Crippen molar-refractivity contribution < 1.29 is 14.3 Å². The summed E-state index contributed by atoms with van der Waals surface area (Å²) in [5.74, 6) is 0.351. The number of nitrogens with one attached hydrogen (secondary N) is 1. The predicted molar refractivity (Wildman–Crippen MR) is 106 cm³/mol. The number of carbonyl (C=O) groups excluding carboxylic acids is 2. The predicted octanol–water partition coefficient (Wildman–Crippen LogP) is 3.33. The first-order chi connectivity index (χ1) is 13.3. The number of likely N-dealkylation sites (tertiary alicyclic amines) is 1. The molecule has 1 N–H and O–H groups in total. The van der Waals surface area contributed by atoms with Gasteiger partial charge in [0.25, 0.3) is 5.91 Å². The standard InChI is InChI=1S/C21H24ClN3O3/c1-11(2)16-10-28-21-6-7-24(17(21)9-18(26)25(16)21)20(27)19-12(3)14-8-13(22)4-5-15(14)23-19/h4-5,8,11,16-17,23H,6-7,9-10H2,1-3H3/t16-,17+,21-/m0/s1. The molecule has 2 amide bonds. The van der Waals surface area contributed by atoms with Gasteiger partial charge in [-0.1, -0.05) is 25.4 Å². The van der Waals surface area contributed by atoms with Crippen LogP contribution in [0.25, 0.3) is 10.9 Å². The van der Waals surface area contributed by atoms with Crippen molar-refractivity contribution in [1.82, 2.24) is 14.8 Å². The average Bonchev–Trinajstić information content (AvgIpc) is 3.35. The molecule has 2 aromatic rings. The minimum absolute atomic E-state index is 0.0713. The number of hydrogen-bond acceptors (Lipinski definition) is 3. The Balaban J connectivity index is 1.50. The van der Waals surface area contributed by atoms with E-state index in [9.17, 15) is 9.59 Å². The van der Waals surface area contributed by atoms with E-state index in [1.54, 1.807) is 0 Å². The Kier molecular flexibility index (Phi) is 3.84. The number of aromatic amines is 1. The molecule has 3 aliphatic heterocycles. The summed E-state index contributed by atoms with van der Waals surface area (Å²) < 4.78 is 6.24. The molecule has 3 saturated heterocycles. The minimum atomic E-state index is -0.648. The second-order valence-electron chi connectivity index (χ2n) is 8.51. The molecular formula is C21H24ClN3O3. The third kappa shape index (κ3) is 2.25. The number of carbonyl (C=O) groups is 2. The zero-order valence-corrected chi connectivity index (χ0v) is 17.0. The van der Waals surface area contributed by atoms with E-state index >= 15 is 0 Å². The van der Waals surface area contributed by atoms with Gasteiger partial charge in [-0.3, -0.25) is 9.59 Å². The molecule has 5 rings (SSSR count). The molecule has 1 aromatic carbocycles. The molecule has 3 atom stereocenters. The maximum atomic E-state index is 13.4. The summed E-state index contributed by atoms with van der Waals surface area (Å²) in [5.41, 5.74) is 1.70. The van der Waals surface area contributed by atoms with Crippen LogP contribution in [-0.2, 0) is 9.53 Å². The molecule has 0 radical (unpaired) electrons. The topological polar surface area (TPSA) is 65.6 Å². The molecule has 0 saturated carbocycles. The smallest absolute Gasteiger partial charge is 0.271 e. The van der Waals surface area contributed by atoms with Crippen molar-refractivity contribution in [3.63, 3.8) is 0 Å². The molecule has 0 unspecified atom stereocenters. The van der Waals surface area contributed by atoms with E-state index in [0.29, 0.717) is 42.6 Å². The fraction of sp³-hybridized carbons (Fsp3) is 0.524. The van der Waals surface area contributed by atoms with Gasteiger partial charge in [0.1, 0.15) is 5.69 Å². The second kappa shape index (κ2) is 5.97. The number of benzene rings is 1. The quantitative estimate of drug-likeness (QED) is 0.839. The molecule has 28 heavy (non-hydrogen) atoms. The highest BCUT2D eigenvalue weighted by Crippen LogP contribution is 2.49. The maximum absolute atomic E-state index is 13.4. The Labute approximate surface area is 168 Å². The highest BCUT2D eigenvalue weighted by molar-refractivity contribution is 6.31. The van der Waals surface area contributed by atoms with Gasteiger partial charge in [0.2, 0.25) is 5.91 Å². The number of ether oxygens (including phenoxy) is 1. The molecule has 148 valence electrons. The first-order valence-corrected chi connectivity index (χ1v) is 10.3. The number of halogens is 1. The van der Waals surface area contributed by atoms with Crippen LogP contribution < -0.4 is 0 Å². The Morgan fingerprint density at radius 1 is 1.39 bits per heavy atom. The van der Waals surface area contributed by atoms with Crippen molar-refractivity contribution in [2.75, 3.05) is 13.2 Å². The average molecular weight is 402 g/mol. The first-order valence-electron chi connectivity index (χ1n) is 9.88. The van der Waals surface area contributed by atoms with Gasteiger partial charge in [-0.05, 0) is 36.6 Å². The monoisotopic (exact) mass is 401 g/mol. The molecule has 1 spiro atoms. The number of amides is 2. The van der Waals surface area contributed by atoms with Crippen LogP contribution in [0.1, 0.15) is 42.7 Å². The van der Waals surface area contributed by atoms with Gasteiger partial charge in [0.05, 0.1) is 25.1 Å². The lowest BCUT2D eigenvalue weighted by atomic mass is 10.0. The van der Waals surface area contributed by atoms with Crippen LogP contribution in [0.15, 0.2) is 18.2 Å². The van der Waals surface area contributed by atoms with E-state index in [-0.39, 0.29) is 23.9 Å². The van der Waals surface area contributed by atoms with Gasteiger partial charge < -0.3 is 19.5 Å². The van der Waals surface area contributed by atoms with Crippen molar-refractivity contribution in [2.45, 2.75) is 51.4 Å². The van der Waals surface area contributed by atoms with Gasteiger partial charge in [-0.15, -0.1) is 0 Å². The summed E-state index contributed by atoms with van der Waals surface area (Å²) in [6, 6.07) is 5.43. The van der Waals surface area contributed by atoms with Crippen molar-refractivity contribution in [2.24, 2.45) is 5.92 Å². The third-order valence-corrected chi connectivity index (χ3v) is 6.99. The van der Waals surface area contributed by atoms with E-state index in [2.05, 4.69) is 18.8 Å². The van der Waals surface area contributed by atoms with Crippen LogP contribution in [0.4, 0.5) is 0 Å². The number of rotatable bonds is 2. The molecule has 4 heterocycles. The number of nitrogens with zero attached hydrogens (tertiary/aromatic N) is 2. The van der Waals surface area contributed by atoms with Gasteiger partial charge >= 0.3 is 0 Å². The van der Waals surface area contributed by atoms with Crippen molar-refractivity contribution in [1.29, 1.82) is 0 Å². The van der Waals surface area contributed by atoms with Gasteiger partial charge in [-0.25, -0.2) is 0 Å². The molecule has 1 aromatic heterocycles. The molecule has 0 bridgehead atoms. The number of H-pyrrole nitrogens is 1. The van der Waals surface area contributed by atoms with E-state index in [0.717, 1.165) is 16.5 Å². The maximum Gasteiger partial charge on any atom is 0.271 e. The number of aryl methyl sites for hydroxylation is 1. The number of aromatic nitrogens is 1. The van der Waals surface area contributed by atoms with Crippen molar-refractivity contribution >= 4 is 34.3 Å². The third-order valence-electron chi connectivity index (χ3n) is 6.75. The molecule has 0 aliphatic carbocycles. The van der Waals surface area contributed by atoms with Crippen LogP contribution in [0.5, 0.6) is 0 Å². The van der Waals surface area contributed by atoms with Gasteiger partial charge in [0, 0.05) is 28.9 Å². The summed E-state index contributed by atoms with van der Waals surface area (Å²) in [4.78, 5) is 33.3. The van der Waals surface area contributed by atoms with E-state index in [1.165, 1.54) is 0 Å². The van der Waals surface area contributed by atoms with Crippen LogP contribution in [0.2, 0.25) is 5.02 Å². The highest BCUT2D eigenvalue weighted by atomic mass is 35.5. The van der Waals surface area contributed by atoms with E-state index < -0.39 is 5.72 Å². The van der Waals surface area contributed by atoms with E-state index in [4.69, 9.17) is 16.3 Å². The summed E-state index contributed by atoms with van der Waals surface area (Å²) >= 11 is 6.13. The Morgan fingerprint density at radius 2 is 2.18 bits per heavy atom. The fourth-order valence-electron chi connectivity index (χ4n) is 5.27. The molecule has 6 nitrogen and oxygen atoms in total. The molecule has 3 aliphatic rings. The number of hydrogen-bond donors (Lipinski definition) is 1. The summed E-state index contributed by atoms with van der Waals surface area (Å²) in [7, 11) is 0. The Hall–Kier alpha value is -2.05. The highest BCUT2D eigenvalue weighted by Gasteiger charge is 2.65. The molecule has 3 fully saturated rings. The van der Waals surface area contributed by atoms with Crippen molar-refractivity contribution in [3.05, 3.63) is 34.5 Å². The Bertz CT molecular complexity index is 1000. The molecular weight excluding hydrogens is 378 g/mol. The van der Waals surface area contributed by atoms with E-state index in [1.807, 2.05) is 34.9 Å². The lowest BCUT2D eigenvalue weighted by Crippen LogP contribution is -2.51. The largest absolute Gasteiger partial charge is 0.351 e. The van der Waals surface area contributed by atoms with Crippen molar-refractivity contribution in [3.8, 4) is 0 Å². The van der Waals surface area contributed by atoms with Crippen LogP contribution in [-0.4, -0.2) is 57.6 Å².